The van der Waals surface area contributed by atoms with Crippen LogP contribution >= 0.6 is 0 Å². The van der Waals surface area contributed by atoms with E-state index in [0.29, 0.717) is 12.1 Å². The zero-order valence-corrected chi connectivity index (χ0v) is 22.6. The lowest BCUT2D eigenvalue weighted by molar-refractivity contribution is -0.139. The van der Waals surface area contributed by atoms with E-state index in [1.54, 1.807) is 0 Å². The molecule has 212 valence electrons. The van der Waals surface area contributed by atoms with Crippen molar-refractivity contribution in [3.8, 4) is 0 Å². The molecular formula is C28H36F3N5O3. The highest BCUT2D eigenvalue weighted by Gasteiger charge is 2.49. The maximum Gasteiger partial charge on any atom is 0.416 e. The Labute approximate surface area is 226 Å². The Bertz CT molecular complexity index is 1160. The van der Waals surface area contributed by atoms with Crippen LogP contribution in [0.3, 0.4) is 0 Å². The van der Waals surface area contributed by atoms with Crippen LogP contribution in [-0.2, 0) is 15.8 Å². The Morgan fingerprint density at radius 2 is 1.87 bits per heavy atom. The second-order valence-corrected chi connectivity index (χ2v) is 10.9. The van der Waals surface area contributed by atoms with Crippen molar-refractivity contribution in [3.63, 3.8) is 0 Å². The summed E-state index contributed by atoms with van der Waals surface area (Å²) in [5.41, 5.74) is -0.791. The molecule has 2 atom stereocenters. The van der Waals surface area contributed by atoms with E-state index < -0.39 is 35.8 Å². The molecule has 8 nitrogen and oxygen atoms in total. The standard InChI is InChI=1S/C28H36F3N5O3/c1-5-12-35-22-16-36(21(15-17(2)3)25(37)32-18-10-13-34(4)14-11-18)26(38)23(22)24(33-27(35)39)19-8-6-7-9-20(19)28(29,30)31/h5-9,17-18,21,24H,1,10-16H2,2-4H3,(H,32,37)(H,33,39)/t21-,24-/m0/s1. The Kier molecular flexibility index (Phi) is 8.39. The average Bonchev–Trinajstić information content (AvgIpc) is 3.21. The van der Waals surface area contributed by atoms with Crippen LogP contribution in [0, 0.1) is 5.92 Å². The van der Waals surface area contributed by atoms with Crippen LogP contribution in [0.15, 0.2) is 48.2 Å². The number of halogens is 3. The number of carbonyl (C=O) groups is 3. The predicted molar refractivity (Wildman–Crippen MR) is 140 cm³/mol. The number of carbonyl (C=O) groups excluding carboxylic acids is 3. The third-order valence-corrected chi connectivity index (χ3v) is 7.58. The molecule has 0 spiro atoms. The van der Waals surface area contributed by atoms with Gasteiger partial charge in [0, 0.05) is 12.6 Å². The van der Waals surface area contributed by atoms with Gasteiger partial charge in [0.15, 0.2) is 0 Å². The number of alkyl halides is 3. The summed E-state index contributed by atoms with van der Waals surface area (Å²) >= 11 is 0. The second kappa shape index (κ2) is 11.4. The minimum absolute atomic E-state index is 0.0180. The third-order valence-electron chi connectivity index (χ3n) is 7.58. The molecule has 4 amide bonds. The highest BCUT2D eigenvalue weighted by molar-refractivity contribution is 6.03. The quantitative estimate of drug-likeness (QED) is 0.487. The Hall–Kier alpha value is -3.34. The van der Waals surface area contributed by atoms with Gasteiger partial charge in [-0.05, 0) is 56.9 Å². The van der Waals surface area contributed by atoms with Gasteiger partial charge in [-0.1, -0.05) is 38.1 Å². The van der Waals surface area contributed by atoms with E-state index in [-0.39, 0.29) is 42.1 Å². The molecule has 0 bridgehead atoms. The van der Waals surface area contributed by atoms with Crippen LogP contribution in [0.4, 0.5) is 18.0 Å². The fourth-order valence-electron chi connectivity index (χ4n) is 5.60. The molecular weight excluding hydrogens is 511 g/mol. The highest BCUT2D eigenvalue weighted by Crippen LogP contribution is 2.42. The Balaban J connectivity index is 1.70. The van der Waals surface area contributed by atoms with E-state index in [2.05, 4.69) is 22.1 Å². The van der Waals surface area contributed by atoms with Crippen molar-refractivity contribution < 1.29 is 27.6 Å². The molecule has 1 fully saturated rings. The van der Waals surface area contributed by atoms with Crippen molar-refractivity contribution in [2.45, 2.75) is 57.4 Å². The summed E-state index contributed by atoms with van der Waals surface area (Å²) in [7, 11) is 2.02. The number of piperidine rings is 1. The van der Waals surface area contributed by atoms with E-state index in [1.165, 1.54) is 34.1 Å². The minimum Gasteiger partial charge on any atom is -0.351 e. The van der Waals surface area contributed by atoms with E-state index in [0.717, 1.165) is 32.0 Å². The SMILES string of the molecule is C=CCN1C(=O)N[C@@H](c2ccccc2C(F)(F)F)C2=C1CN([C@@H](CC(C)C)C(=O)NC1CCN(C)CC1)C2=O. The number of amides is 4. The van der Waals surface area contributed by atoms with Gasteiger partial charge in [-0.3, -0.25) is 14.5 Å². The monoisotopic (exact) mass is 547 g/mol. The van der Waals surface area contributed by atoms with Gasteiger partial charge in [0.2, 0.25) is 5.91 Å². The molecule has 11 heteroatoms. The fourth-order valence-corrected chi connectivity index (χ4v) is 5.60. The summed E-state index contributed by atoms with van der Waals surface area (Å²) in [5.74, 6) is -0.770. The van der Waals surface area contributed by atoms with Gasteiger partial charge in [0.1, 0.15) is 6.04 Å². The normalized spacial score (nSPS) is 21.8. The molecule has 0 radical (unpaired) electrons. The minimum atomic E-state index is -4.68. The van der Waals surface area contributed by atoms with Crippen molar-refractivity contribution in [1.82, 2.24) is 25.3 Å². The zero-order valence-electron chi connectivity index (χ0n) is 22.6. The molecule has 1 aromatic carbocycles. The van der Waals surface area contributed by atoms with Crippen LogP contribution < -0.4 is 10.6 Å². The van der Waals surface area contributed by atoms with Crippen LogP contribution in [-0.4, -0.2) is 77.9 Å². The summed E-state index contributed by atoms with van der Waals surface area (Å²) in [5, 5.41) is 5.71. The number of nitrogens with zero attached hydrogens (tertiary/aromatic N) is 3. The van der Waals surface area contributed by atoms with E-state index >= 15 is 0 Å². The predicted octanol–water partition coefficient (Wildman–Crippen LogP) is 3.68. The number of benzene rings is 1. The number of likely N-dealkylation sites (tertiary alicyclic amines) is 1. The highest BCUT2D eigenvalue weighted by atomic mass is 19.4. The van der Waals surface area contributed by atoms with Crippen molar-refractivity contribution >= 4 is 17.8 Å². The summed E-state index contributed by atoms with van der Waals surface area (Å²) < 4.78 is 41.8. The van der Waals surface area contributed by atoms with Gasteiger partial charge >= 0.3 is 12.2 Å². The molecule has 1 saturated heterocycles. The van der Waals surface area contributed by atoms with Crippen molar-refractivity contribution in [1.29, 1.82) is 0 Å². The van der Waals surface area contributed by atoms with Gasteiger partial charge in [-0.25, -0.2) is 4.79 Å². The number of urea groups is 1. The van der Waals surface area contributed by atoms with Crippen LogP contribution in [0.1, 0.15) is 50.3 Å². The third kappa shape index (κ3) is 5.98. The van der Waals surface area contributed by atoms with Gasteiger partial charge in [0.25, 0.3) is 5.91 Å². The first kappa shape index (κ1) is 28.7. The lowest BCUT2D eigenvalue weighted by Crippen LogP contribution is -2.53. The first-order chi connectivity index (χ1) is 18.4. The molecule has 0 unspecified atom stereocenters. The van der Waals surface area contributed by atoms with Crippen molar-refractivity contribution in [3.05, 3.63) is 59.3 Å². The smallest absolute Gasteiger partial charge is 0.351 e. The van der Waals surface area contributed by atoms with Crippen LogP contribution in [0.5, 0.6) is 0 Å². The summed E-state index contributed by atoms with van der Waals surface area (Å²) in [6.07, 6.45) is -1.24. The maximum atomic E-state index is 14.0. The number of rotatable bonds is 8. The summed E-state index contributed by atoms with van der Waals surface area (Å²) in [6, 6.07) is 2.15. The molecule has 0 aromatic heterocycles. The van der Waals surface area contributed by atoms with Gasteiger partial charge in [-0.2, -0.15) is 13.2 Å². The molecule has 39 heavy (non-hydrogen) atoms. The number of hydrogen-bond acceptors (Lipinski definition) is 4. The largest absolute Gasteiger partial charge is 0.416 e. The second-order valence-electron chi connectivity index (χ2n) is 10.9. The first-order valence-corrected chi connectivity index (χ1v) is 13.3. The number of hydrogen-bond donors (Lipinski definition) is 2. The molecule has 0 aliphatic carbocycles. The molecule has 3 aliphatic heterocycles. The molecule has 4 rings (SSSR count). The van der Waals surface area contributed by atoms with E-state index in [1.807, 2.05) is 20.9 Å². The summed E-state index contributed by atoms with van der Waals surface area (Å²) in [4.78, 5) is 45.6. The van der Waals surface area contributed by atoms with E-state index in [4.69, 9.17) is 0 Å². The zero-order chi connectivity index (χ0) is 28.5. The molecule has 1 aromatic rings. The fraction of sp³-hybridized carbons (Fsp3) is 0.536. The maximum absolute atomic E-state index is 14.0. The lowest BCUT2D eigenvalue weighted by atomic mass is 9.91. The molecule has 3 aliphatic rings. The van der Waals surface area contributed by atoms with Crippen LogP contribution in [0.25, 0.3) is 0 Å². The molecule has 0 saturated carbocycles. The number of nitrogens with one attached hydrogen (secondary N) is 2. The van der Waals surface area contributed by atoms with E-state index in [9.17, 15) is 27.6 Å². The lowest BCUT2D eigenvalue weighted by Gasteiger charge is -2.34. The van der Waals surface area contributed by atoms with Gasteiger partial charge in [-0.15, -0.1) is 6.58 Å². The first-order valence-electron chi connectivity index (χ1n) is 13.3. The summed E-state index contributed by atoms with van der Waals surface area (Å²) in [6.45, 7) is 9.28. The van der Waals surface area contributed by atoms with Gasteiger partial charge in [0.05, 0.1) is 29.4 Å². The molecule has 3 heterocycles. The molecule has 2 N–H and O–H groups in total. The average molecular weight is 548 g/mol. The topological polar surface area (TPSA) is 85.0 Å². The Morgan fingerprint density at radius 3 is 2.49 bits per heavy atom. The van der Waals surface area contributed by atoms with Gasteiger partial charge < -0.3 is 20.4 Å². The van der Waals surface area contributed by atoms with Crippen molar-refractivity contribution in [2.24, 2.45) is 5.92 Å². The van der Waals surface area contributed by atoms with Crippen molar-refractivity contribution in [2.75, 3.05) is 33.2 Å². The Morgan fingerprint density at radius 1 is 1.21 bits per heavy atom. The van der Waals surface area contributed by atoms with Crippen LogP contribution in [0.2, 0.25) is 0 Å².